The molecule has 2 atom stereocenters. The summed E-state index contributed by atoms with van der Waals surface area (Å²) in [6, 6.07) is 2.65. The minimum Gasteiger partial charge on any atom is -0.383 e. The smallest absolute Gasteiger partial charge is 0.383 e. The van der Waals surface area contributed by atoms with Gasteiger partial charge in [0.25, 0.3) is 0 Å². The average molecular weight is 289 g/mol. The first-order valence-electron chi connectivity index (χ1n) is 6.66. The molecule has 0 saturated carbocycles. The number of aliphatic hydroxyl groups is 1. The minimum atomic E-state index is -4.71. The van der Waals surface area contributed by atoms with Gasteiger partial charge >= 0.3 is 6.18 Å². The first-order chi connectivity index (χ1) is 9.32. The van der Waals surface area contributed by atoms with E-state index in [1.54, 1.807) is 0 Å². The van der Waals surface area contributed by atoms with E-state index in [1.165, 1.54) is 6.07 Å². The Morgan fingerprint density at radius 1 is 1.25 bits per heavy atom. The summed E-state index contributed by atoms with van der Waals surface area (Å²) in [5.41, 5.74) is -2.27. The second kappa shape index (κ2) is 4.43. The van der Waals surface area contributed by atoms with Gasteiger partial charge in [-0.3, -0.25) is 4.90 Å². The molecule has 3 rings (SSSR count). The third kappa shape index (κ3) is 2.02. The van der Waals surface area contributed by atoms with Crippen LogP contribution in [-0.2, 0) is 11.8 Å². The number of benzene rings is 1. The largest absolute Gasteiger partial charge is 0.419 e. The van der Waals surface area contributed by atoms with Crippen molar-refractivity contribution in [2.75, 3.05) is 13.1 Å². The molecule has 0 spiro atoms. The summed E-state index contributed by atoms with van der Waals surface area (Å²) in [7, 11) is 0. The summed E-state index contributed by atoms with van der Waals surface area (Å²) >= 11 is 0. The molecular weight excluding hydrogens is 274 g/mol. The monoisotopic (exact) mass is 289 g/mol. The topological polar surface area (TPSA) is 23.5 Å². The molecular formula is C14H15F4NO. The Kier molecular flexibility index (Phi) is 3.06. The quantitative estimate of drug-likeness (QED) is 0.804. The number of halogens is 4. The van der Waals surface area contributed by atoms with E-state index in [9.17, 15) is 22.7 Å². The van der Waals surface area contributed by atoms with Crippen LogP contribution in [0.15, 0.2) is 18.2 Å². The molecule has 2 fully saturated rings. The molecule has 110 valence electrons. The zero-order valence-electron chi connectivity index (χ0n) is 10.8. The molecule has 0 radical (unpaired) electrons. The Labute approximate surface area is 114 Å². The highest BCUT2D eigenvalue weighted by Crippen LogP contribution is 2.44. The van der Waals surface area contributed by atoms with Crippen molar-refractivity contribution in [2.45, 2.75) is 37.1 Å². The minimum absolute atomic E-state index is 0.112. The lowest BCUT2D eigenvalue weighted by Gasteiger charge is -2.30. The number of alkyl halides is 3. The Bertz CT molecular complexity index is 530. The van der Waals surface area contributed by atoms with Gasteiger partial charge in [0, 0.05) is 12.6 Å². The zero-order chi connectivity index (χ0) is 14.5. The van der Waals surface area contributed by atoms with Crippen molar-refractivity contribution in [3.8, 4) is 0 Å². The first kappa shape index (κ1) is 13.8. The van der Waals surface area contributed by atoms with Crippen LogP contribution in [0, 0.1) is 5.82 Å². The van der Waals surface area contributed by atoms with Gasteiger partial charge in [-0.25, -0.2) is 4.39 Å². The predicted molar refractivity (Wildman–Crippen MR) is 64.5 cm³/mol. The average Bonchev–Trinajstić information content (AvgIpc) is 2.93. The van der Waals surface area contributed by atoms with Gasteiger partial charge in [0.15, 0.2) is 0 Å². The van der Waals surface area contributed by atoms with Crippen LogP contribution >= 0.6 is 0 Å². The Balaban J connectivity index is 1.97. The molecule has 0 aromatic heterocycles. The van der Waals surface area contributed by atoms with E-state index in [2.05, 4.69) is 4.90 Å². The Morgan fingerprint density at radius 3 is 2.65 bits per heavy atom. The fraction of sp³-hybridized carbons (Fsp3) is 0.571. The van der Waals surface area contributed by atoms with Crippen LogP contribution in [0.3, 0.4) is 0 Å². The van der Waals surface area contributed by atoms with Gasteiger partial charge in [-0.2, -0.15) is 13.2 Å². The number of hydrogen-bond acceptors (Lipinski definition) is 2. The maximum atomic E-state index is 13.7. The van der Waals surface area contributed by atoms with Crippen LogP contribution in [0.1, 0.15) is 30.4 Å². The van der Waals surface area contributed by atoms with Crippen molar-refractivity contribution < 1.29 is 22.7 Å². The second-order valence-electron chi connectivity index (χ2n) is 5.56. The molecule has 6 heteroatoms. The molecule has 1 aromatic rings. The highest BCUT2D eigenvalue weighted by atomic mass is 19.4. The molecule has 0 amide bonds. The van der Waals surface area contributed by atoms with Crippen molar-refractivity contribution in [3.63, 3.8) is 0 Å². The maximum Gasteiger partial charge on any atom is 0.419 e. The van der Waals surface area contributed by atoms with Gasteiger partial charge in [-0.1, -0.05) is 6.07 Å². The van der Waals surface area contributed by atoms with Crippen LogP contribution < -0.4 is 0 Å². The molecule has 0 aliphatic carbocycles. The van der Waals surface area contributed by atoms with Crippen molar-refractivity contribution in [1.82, 2.24) is 4.90 Å². The highest BCUT2D eigenvalue weighted by molar-refractivity contribution is 5.33. The van der Waals surface area contributed by atoms with Crippen LogP contribution in [0.2, 0.25) is 0 Å². The van der Waals surface area contributed by atoms with E-state index in [0.29, 0.717) is 13.0 Å². The number of hydrogen-bond donors (Lipinski definition) is 1. The molecule has 2 nitrogen and oxygen atoms in total. The summed E-state index contributed by atoms with van der Waals surface area (Å²) in [5.74, 6) is -1.32. The molecule has 2 unspecified atom stereocenters. The van der Waals surface area contributed by atoms with E-state index < -0.39 is 23.2 Å². The second-order valence-corrected chi connectivity index (χ2v) is 5.56. The van der Waals surface area contributed by atoms with Gasteiger partial charge in [0.2, 0.25) is 0 Å². The fourth-order valence-corrected chi connectivity index (χ4v) is 3.47. The van der Waals surface area contributed by atoms with Gasteiger partial charge in [-0.15, -0.1) is 0 Å². The number of rotatable bonds is 1. The third-order valence-corrected chi connectivity index (χ3v) is 4.47. The van der Waals surface area contributed by atoms with Crippen molar-refractivity contribution in [3.05, 3.63) is 35.1 Å². The normalized spacial score (nSPS) is 30.8. The Morgan fingerprint density at radius 2 is 2.00 bits per heavy atom. The standard InChI is InChI=1S/C14H15F4NO/c15-11-8-9(3-4-10(11)14(16,17)18)13(20)5-7-19-6-1-2-12(13)19/h3-4,8,12,20H,1-2,5-7H2. The predicted octanol–water partition coefficient (Wildman–Crippen LogP) is 2.90. The lowest BCUT2D eigenvalue weighted by molar-refractivity contribution is -0.140. The van der Waals surface area contributed by atoms with E-state index in [-0.39, 0.29) is 11.6 Å². The molecule has 2 heterocycles. The number of nitrogens with zero attached hydrogens (tertiary/aromatic N) is 1. The van der Waals surface area contributed by atoms with Gasteiger partial charge in [0.1, 0.15) is 11.4 Å². The maximum absolute atomic E-state index is 13.7. The van der Waals surface area contributed by atoms with Gasteiger partial charge in [0.05, 0.1) is 5.56 Å². The van der Waals surface area contributed by atoms with Crippen LogP contribution in [0.25, 0.3) is 0 Å². The summed E-state index contributed by atoms with van der Waals surface area (Å²) in [6.07, 6.45) is -2.53. The summed E-state index contributed by atoms with van der Waals surface area (Å²) in [6.45, 7) is 1.58. The van der Waals surface area contributed by atoms with E-state index >= 15 is 0 Å². The number of fused-ring (bicyclic) bond motifs is 1. The fourth-order valence-electron chi connectivity index (χ4n) is 3.47. The van der Waals surface area contributed by atoms with Crippen LogP contribution in [0.5, 0.6) is 0 Å². The summed E-state index contributed by atoms with van der Waals surface area (Å²) in [5, 5.41) is 10.8. The van der Waals surface area contributed by atoms with Crippen molar-refractivity contribution >= 4 is 0 Å². The zero-order valence-corrected chi connectivity index (χ0v) is 10.8. The molecule has 2 aliphatic heterocycles. The molecule has 1 N–H and O–H groups in total. The van der Waals surface area contributed by atoms with Crippen molar-refractivity contribution in [1.29, 1.82) is 0 Å². The molecule has 20 heavy (non-hydrogen) atoms. The van der Waals surface area contributed by atoms with E-state index in [0.717, 1.165) is 31.5 Å². The summed E-state index contributed by atoms with van der Waals surface area (Å²) < 4.78 is 51.3. The third-order valence-electron chi connectivity index (χ3n) is 4.47. The molecule has 2 aliphatic rings. The Hall–Kier alpha value is -1.14. The van der Waals surface area contributed by atoms with Crippen LogP contribution in [0.4, 0.5) is 17.6 Å². The highest BCUT2D eigenvalue weighted by Gasteiger charge is 2.49. The van der Waals surface area contributed by atoms with Gasteiger partial charge in [-0.05, 0) is 43.5 Å². The van der Waals surface area contributed by atoms with E-state index in [1.807, 2.05) is 0 Å². The van der Waals surface area contributed by atoms with Gasteiger partial charge < -0.3 is 5.11 Å². The lowest BCUT2D eigenvalue weighted by Crippen LogP contribution is -2.38. The van der Waals surface area contributed by atoms with Crippen molar-refractivity contribution in [2.24, 2.45) is 0 Å². The van der Waals surface area contributed by atoms with Crippen LogP contribution in [-0.4, -0.2) is 29.1 Å². The first-order valence-corrected chi connectivity index (χ1v) is 6.66. The molecule has 1 aromatic carbocycles. The lowest BCUT2D eigenvalue weighted by atomic mass is 9.85. The molecule has 2 saturated heterocycles. The molecule has 0 bridgehead atoms. The van der Waals surface area contributed by atoms with E-state index in [4.69, 9.17) is 0 Å². The summed E-state index contributed by atoms with van der Waals surface area (Å²) in [4.78, 5) is 2.12. The SMILES string of the molecule is OC1(c2ccc(C(F)(F)F)c(F)c2)CCN2CCCC21.